The average molecular weight is 335 g/mol. The van der Waals surface area contributed by atoms with Gasteiger partial charge in [-0.05, 0) is 31.5 Å². The molecule has 1 aromatic rings. The molecule has 0 bridgehead atoms. The van der Waals surface area contributed by atoms with Crippen LogP contribution in [0.25, 0.3) is 0 Å². The Morgan fingerprint density at radius 2 is 1.83 bits per heavy atom. The van der Waals surface area contributed by atoms with E-state index in [9.17, 15) is 9.90 Å². The number of hydrogen-bond acceptors (Lipinski definition) is 3. The third kappa shape index (κ3) is 6.40. The van der Waals surface area contributed by atoms with Crippen molar-refractivity contribution in [2.45, 2.75) is 46.7 Å². The summed E-state index contributed by atoms with van der Waals surface area (Å²) in [5, 5.41) is 12.9. The largest absolute Gasteiger partial charge is 0.508 e. The lowest BCUT2D eigenvalue weighted by Crippen LogP contribution is -2.47. The lowest BCUT2D eigenvalue weighted by molar-refractivity contribution is 0.174. The van der Waals surface area contributed by atoms with Crippen LogP contribution in [0.3, 0.4) is 0 Å². The molecule has 0 radical (unpaired) electrons. The zero-order valence-corrected chi connectivity index (χ0v) is 15.7. The molecular formula is C19H33N3O2. The first-order valence-electron chi connectivity index (χ1n) is 8.88. The van der Waals surface area contributed by atoms with Gasteiger partial charge in [0.2, 0.25) is 0 Å². The fourth-order valence-electron chi connectivity index (χ4n) is 2.96. The smallest absolute Gasteiger partial charge is 0.317 e. The van der Waals surface area contributed by atoms with Crippen LogP contribution in [-0.4, -0.2) is 53.7 Å². The van der Waals surface area contributed by atoms with E-state index in [0.29, 0.717) is 25.0 Å². The number of para-hydroxylation sites is 1. The standard InChI is InChI=1S/C19H33N3O2/c1-6-22(7-2)17(12-15(3)4)13-20-19(24)21(5)14-16-10-8-9-11-18(16)23/h8-11,15,17,23H,6-7,12-14H2,1-5H3,(H,20,24). The van der Waals surface area contributed by atoms with E-state index in [0.717, 1.165) is 25.1 Å². The number of phenolic OH excluding ortho intramolecular Hbond substituents is 1. The number of carbonyl (C=O) groups excluding carboxylic acids is 1. The second-order valence-corrected chi connectivity index (χ2v) is 6.68. The molecule has 5 heteroatoms. The first-order valence-corrected chi connectivity index (χ1v) is 8.88. The summed E-state index contributed by atoms with van der Waals surface area (Å²) < 4.78 is 0. The van der Waals surface area contributed by atoms with Gasteiger partial charge in [0.25, 0.3) is 0 Å². The number of urea groups is 1. The predicted molar refractivity (Wildman–Crippen MR) is 99.1 cm³/mol. The molecule has 1 unspecified atom stereocenters. The molecule has 0 spiro atoms. The summed E-state index contributed by atoms with van der Waals surface area (Å²) in [6.45, 7) is 11.7. The van der Waals surface area contributed by atoms with Gasteiger partial charge in [0.15, 0.2) is 0 Å². The van der Waals surface area contributed by atoms with Gasteiger partial charge in [-0.15, -0.1) is 0 Å². The van der Waals surface area contributed by atoms with Crippen molar-refractivity contribution in [1.82, 2.24) is 15.1 Å². The van der Waals surface area contributed by atoms with E-state index >= 15 is 0 Å². The molecule has 0 saturated carbocycles. The first kappa shape index (κ1) is 20.3. The number of amides is 2. The first-order chi connectivity index (χ1) is 11.4. The molecule has 1 aromatic carbocycles. The molecule has 1 atom stereocenters. The van der Waals surface area contributed by atoms with E-state index in [1.807, 2.05) is 12.1 Å². The lowest BCUT2D eigenvalue weighted by atomic mass is 10.0. The monoisotopic (exact) mass is 335 g/mol. The van der Waals surface area contributed by atoms with Crippen molar-refractivity contribution in [2.75, 3.05) is 26.7 Å². The fraction of sp³-hybridized carbons (Fsp3) is 0.632. The Balaban J connectivity index is 2.59. The fourth-order valence-corrected chi connectivity index (χ4v) is 2.96. The normalized spacial score (nSPS) is 12.5. The topological polar surface area (TPSA) is 55.8 Å². The molecule has 5 nitrogen and oxygen atoms in total. The Hall–Kier alpha value is -1.75. The van der Waals surface area contributed by atoms with E-state index in [1.165, 1.54) is 0 Å². The van der Waals surface area contributed by atoms with E-state index in [2.05, 4.69) is 37.9 Å². The highest BCUT2D eigenvalue weighted by molar-refractivity contribution is 5.74. The van der Waals surface area contributed by atoms with Gasteiger partial charge < -0.3 is 15.3 Å². The number of benzene rings is 1. The summed E-state index contributed by atoms with van der Waals surface area (Å²) in [5.41, 5.74) is 0.748. The van der Waals surface area contributed by atoms with Gasteiger partial charge >= 0.3 is 6.03 Å². The van der Waals surface area contributed by atoms with Gasteiger partial charge in [-0.2, -0.15) is 0 Å². The van der Waals surface area contributed by atoms with Crippen LogP contribution in [0.5, 0.6) is 5.75 Å². The van der Waals surface area contributed by atoms with Gasteiger partial charge in [0.05, 0.1) is 6.54 Å². The van der Waals surface area contributed by atoms with Crippen molar-refractivity contribution >= 4 is 6.03 Å². The molecule has 136 valence electrons. The van der Waals surface area contributed by atoms with Crippen LogP contribution in [0.15, 0.2) is 24.3 Å². The molecule has 2 N–H and O–H groups in total. The molecule has 1 rings (SSSR count). The Kier molecular flexibility index (Phi) is 8.61. The molecule has 24 heavy (non-hydrogen) atoms. The summed E-state index contributed by atoms with van der Waals surface area (Å²) in [5.74, 6) is 0.810. The molecule has 0 saturated heterocycles. The molecular weight excluding hydrogens is 302 g/mol. The second kappa shape index (κ2) is 10.2. The minimum atomic E-state index is -0.112. The van der Waals surface area contributed by atoms with Crippen LogP contribution in [-0.2, 0) is 6.54 Å². The Bertz CT molecular complexity index is 501. The third-order valence-corrected chi connectivity index (χ3v) is 4.31. The van der Waals surface area contributed by atoms with E-state index in [4.69, 9.17) is 0 Å². The highest BCUT2D eigenvalue weighted by Gasteiger charge is 2.19. The summed E-state index contributed by atoms with van der Waals surface area (Å²) in [7, 11) is 1.75. The van der Waals surface area contributed by atoms with Crippen LogP contribution >= 0.6 is 0 Å². The van der Waals surface area contributed by atoms with E-state index in [1.54, 1.807) is 24.1 Å². The molecule has 0 aliphatic rings. The summed E-state index contributed by atoms with van der Waals surface area (Å²) >= 11 is 0. The number of likely N-dealkylation sites (N-methyl/N-ethyl adjacent to an activating group) is 1. The van der Waals surface area contributed by atoms with Crippen LogP contribution in [0.1, 0.15) is 39.7 Å². The second-order valence-electron chi connectivity index (χ2n) is 6.68. The van der Waals surface area contributed by atoms with Crippen molar-refractivity contribution in [3.8, 4) is 5.75 Å². The Morgan fingerprint density at radius 1 is 1.21 bits per heavy atom. The quantitative estimate of drug-likeness (QED) is 0.728. The number of aromatic hydroxyl groups is 1. The van der Waals surface area contributed by atoms with Gasteiger partial charge in [0.1, 0.15) is 5.75 Å². The average Bonchev–Trinajstić information content (AvgIpc) is 2.54. The highest BCUT2D eigenvalue weighted by Crippen LogP contribution is 2.17. The Labute approximate surface area is 146 Å². The summed E-state index contributed by atoms with van der Waals surface area (Å²) in [6, 6.07) is 7.34. The van der Waals surface area contributed by atoms with Gasteiger partial charge in [-0.25, -0.2) is 4.79 Å². The molecule has 0 aliphatic carbocycles. The SMILES string of the molecule is CCN(CC)C(CNC(=O)N(C)Cc1ccccc1O)CC(C)C. The molecule has 0 fully saturated rings. The maximum absolute atomic E-state index is 12.4. The van der Waals surface area contributed by atoms with Crippen LogP contribution < -0.4 is 5.32 Å². The highest BCUT2D eigenvalue weighted by atomic mass is 16.3. The van der Waals surface area contributed by atoms with E-state index < -0.39 is 0 Å². The number of rotatable bonds is 9. The predicted octanol–water partition coefficient (Wildman–Crippen LogP) is 3.29. The van der Waals surface area contributed by atoms with Crippen molar-refractivity contribution < 1.29 is 9.90 Å². The minimum Gasteiger partial charge on any atom is -0.508 e. The number of phenols is 1. The van der Waals surface area contributed by atoms with Crippen molar-refractivity contribution in [2.24, 2.45) is 5.92 Å². The Morgan fingerprint density at radius 3 is 2.38 bits per heavy atom. The zero-order chi connectivity index (χ0) is 18.1. The van der Waals surface area contributed by atoms with Gasteiger partial charge in [0, 0.05) is 25.2 Å². The molecule has 0 aliphatic heterocycles. The summed E-state index contributed by atoms with van der Waals surface area (Å²) in [6.07, 6.45) is 1.06. The van der Waals surface area contributed by atoms with Crippen LogP contribution in [0.2, 0.25) is 0 Å². The van der Waals surface area contributed by atoms with Crippen LogP contribution in [0.4, 0.5) is 4.79 Å². The maximum atomic E-state index is 12.4. The lowest BCUT2D eigenvalue weighted by Gasteiger charge is -2.31. The number of nitrogens with zero attached hydrogens (tertiary/aromatic N) is 2. The van der Waals surface area contributed by atoms with Crippen molar-refractivity contribution in [3.63, 3.8) is 0 Å². The van der Waals surface area contributed by atoms with Gasteiger partial charge in [-0.1, -0.05) is 45.9 Å². The maximum Gasteiger partial charge on any atom is 0.317 e. The minimum absolute atomic E-state index is 0.112. The van der Waals surface area contributed by atoms with Crippen molar-refractivity contribution in [1.29, 1.82) is 0 Å². The third-order valence-electron chi connectivity index (χ3n) is 4.31. The molecule has 0 aromatic heterocycles. The van der Waals surface area contributed by atoms with Gasteiger partial charge in [-0.3, -0.25) is 4.90 Å². The zero-order valence-electron chi connectivity index (χ0n) is 15.7. The molecule has 0 heterocycles. The van der Waals surface area contributed by atoms with E-state index in [-0.39, 0.29) is 11.8 Å². The number of nitrogens with one attached hydrogen (secondary N) is 1. The van der Waals surface area contributed by atoms with Crippen molar-refractivity contribution in [3.05, 3.63) is 29.8 Å². The number of carbonyl (C=O) groups is 1. The summed E-state index contributed by atoms with van der Waals surface area (Å²) in [4.78, 5) is 16.4. The van der Waals surface area contributed by atoms with Crippen LogP contribution in [0, 0.1) is 5.92 Å². The molecule has 2 amide bonds. The number of hydrogen-bond donors (Lipinski definition) is 2.